The van der Waals surface area contributed by atoms with Crippen molar-refractivity contribution in [3.8, 4) is 0 Å². The molecule has 1 aromatic carbocycles. The summed E-state index contributed by atoms with van der Waals surface area (Å²) in [7, 11) is 1.38. The number of nitrogens with one attached hydrogen (secondary N) is 2. The predicted octanol–water partition coefficient (Wildman–Crippen LogP) is 4.87. The topological polar surface area (TPSA) is 50.4 Å². The zero-order valence-electron chi connectivity index (χ0n) is 13.0. The number of aryl methyl sites for hydroxylation is 1. The fourth-order valence-electron chi connectivity index (χ4n) is 2.24. The van der Waals surface area contributed by atoms with E-state index in [0.29, 0.717) is 20.7 Å². The average Bonchev–Trinajstić information content (AvgIpc) is 2.81. The molecule has 0 aliphatic carbocycles. The van der Waals surface area contributed by atoms with Crippen molar-refractivity contribution >= 4 is 56.9 Å². The summed E-state index contributed by atoms with van der Waals surface area (Å²) in [4.78, 5) is 13.1. The normalized spacial score (nSPS) is 10.3. The molecule has 0 bridgehead atoms. The number of hydrogen-bond donors (Lipinski definition) is 2. The van der Waals surface area contributed by atoms with Gasteiger partial charge in [-0.05, 0) is 49.3 Å². The van der Waals surface area contributed by atoms with Crippen molar-refractivity contribution in [2.24, 2.45) is 0 Å². The van der Waals surface area contributed by atoms with E-state index in [1.54, 1.807) is 12.1 Å². The van der Waals surface area contributed by atoms with Gasteiger partial charge in [-0.25, -0.2) is 4.79 Å². The van der Waals surface area contributed by atoms with Crippen molar-refractivity contribution in [1.29, 1.82) is 0 Å². The van der Waals surface area contributed by atoms with Gasteiger partial charge in [0.25, 0.3) is 0 Å². The highest BCUT2D eigenvalue weighted by Crippen LogP contribution is 2.34. The van der Waals surface area contributed by atoms with Crippen LogP contribution in [0.3, 0.4) is 0 Å². The van der Waals surface area contributed by atoms with Gasteiger partial charge in [-0.3, -0.25) is 0 Å². The molecule has 0 saturated heterocycles. The molecule has 23 heavy (non-hydrogen) atoms. The number of methoxy groups -OCH3 is 1. The van der Waals surface area contributed by atoms with Crippen LogP contribution in [0.5, 0.6) is 0 Å². The Morgan fingerprint density at radius 1 is 1.39 bits per heavy atom. The van der Waals surface area contributed by atoms with Crippen LogP contribution in [-0.2, 0) is 11.2 Å². The maximum absolute atomic E-state index is 12.1. The van der Waals surface area contributed by atoms with E-state index in [-0.39, 0.29) is 5.97 Å². The molecule has 0 fully saturated rings. The maximum atomic E-state index is 12.1. The number of thiocarbonyl (C=S) groups is 1. The van der Waals surface area contributed by atoms with Gasteiger partial charge in [0.15, 0.2) is 5.11 Å². The summed E-state index contributed by atoms with van der Waals surface area (Å²) in [6, 6.07) is 7.25. The van der Waals surface area contributed by atoms with Gasteiger partial charge in [0.2, 0.25) is 0 Å². The molecule has 0 aliphatic rings. The van der Waals surface area contributed by atoms with Crippen LogP contribution in [0, 0.1) is 6.92 Å². The molecule has 2 N–H and O–H groups in total. The summed E-state index contributed by atoms with van der Waals surface area (Å²) in [5.74, 6) is -0.362. The molecule has 2 aromatic rings. The summed E-state index contributed by atoms with van der Waals surface area (Å²) in [5.41, 5.74) is 2.31. The molecule has 0 radical (unpaired) electrons. The zero-order chi connectivity index (χ0) is 17.0. The van der Waals surface area contributed by atoms with Crippen LogP contribution in [0.4, 0.5) is 10.7 Å². The van der Waals surface area contributed by atoms with Gasteiger partial charge < -0.3 is 15.4 Å². The second kappa shape index (κ2) is 7.77. The standard InChI is InChI=1S/C16H17ClN2O2S2/c1-4-12-9(2)23-14(13(12)15(20)21-3)19-16(22)18-11-7-5-6-10(17)8-11/h5-8H,4H2,1-3H3,(H2,18,19,22). The molecule has 4 nitrogen and oxygen atoms in total. The summed E-state index contributed by atoms with van der Waals surface area (Å²) in [5, 5.41) is 7.83. The maximum Gasteiger partial charge on any atom is 0.341 e. The minimum atomic E-state index is -0.362. The first kappa shape index (κ1) is 17.7. The second-order valence-electron chi connectivity index (χ2n) is 4.78. The number of rotatable bonds is 4. The smallest absolute Gasteiger partial charge is 0.341 e. The van der Waals surface area contributed by atoms with Crippen molar-refractivity contribution in [1.82, 2.24) is 0 Å². The lowest BCUT2D eigenvalue weighted by atomic mass is 10.1. The van der Waals surface area contributed by atoms with E-state index in [2.05, 4.69) is 10.6 Å². The summed E-state index contributed by atoms with van der Waals surface area (Å²) < 4.78 is 4.89. The number of ether oxygens (including phenoxy) is 1. The van der Waals surface area contributed by atoms with Crippen LogP contribution < -0.4 is 10.6 Å². The molecule has 7 heteroatoms. The van der Waals surface area contributed by atoms with Gasteiger partial charge in [-0.15, -0.1) is 11.3 Å². The van der Waals surface area contributed by atoms with Crippen molar-refractivity contribution in [3.63, 3.8) is 0 Å². The van der Waals surface area contributed by atoms with Crippen LogP contribution in [0.1, 0.15) is 27.7 Å². The highest BCUT2D eigenvalue weighted by Gasteiger charge is 2.22. The Kier molecular flexibility index (Phi) is 5.98. The molecule has 0 unspecified atom stereocenters. The molecule has 1 aromatic heterocycles. The van der Waals surface area contributed by atoms with E-state index in [1.807, 2.05) is 26.0 Å². The molecule has 0 amide bonds. The zero-order valence-corrected chi connectivity index (χ0v) is 15.4. The fourth-order valence-corrected chi connectivity index (χ4v) is 3.85. The number of carbonyl (C=O) groups is 1. The van der Waals surface area contributed by atoms with Crippen LogP contribution in [-0.4, -0.2) is 18.2 Å². The number of halogens is 1. The van der Waals surface area contributed by atoms with E-state index in [9.17, 15) is 4.79 Å². The monoisotopic (exact) mass is 368 g/mol. The van der Waals surface area contributed by atoms with E-state index < -0.39 is 0 Å². The second-order valence-corrected chi connectivity index (χ2v) is 6.84. The van der Waals surface area contributed by atoms with Crippen molar-refractivity contribution in [2.75, 3.05) is 17.7 Å². The molecule has 2 rings (SSSR count). The predicted molar refractivity (Wildman–Crippen MR) is 101 cm³/mol. The van der Waals surface area contributed by atoms with Gasteiger partial charge in [-0.1, -0.05) is 24.6 Å². The number of anilines is 2. The van der Waals surface area contributed by atoms with E-state index in [4.69, 9.17) is 28.6 Å². The van der Waals surface area contributed by atoms with Gasteiger partial charge in [0.1, 0.15) is 5.00 Å². The molecule has 0 spiro atoms. The fraction of sp³-hybridized carbons (Fsp3) is 0.250. The average molecular weight is 369 g/mol. The van der Waals surface area contributed by atoms with Gasteiger partial charge >= 0.3 is 5.97 Å². The third-order valence-electron chi connectivity index (χ3n) is 3.26. The highest BCUT2D eigenvalue weighted by molar-refractivity contribution is 7.80. The molecular formula is C16H17ClN2O2S2. The van der Waals surface area contributed by atoms with Gasteiger partial charge in [0, 0.05) is 15.6 Å². The molecule has 1 heterocycles. The largest absolute Gasteiger partial charge is 0.465 e. The minimum absolute atomic E-state index is 0.362. The van der Waals surface area contributed by atoms with Crippen LogP contribution in [0.2, 0.25) is 5.02 Å². The summed E-state index contributed by atoms with van der Waals surface area (Å²) >= 11 is 12.8. The lowest BCUT2D eigenvalue weighted by molar-refractivity contribution is 0.0601. The third kappa shape index (κ3) is 4.22. The first-order valence-electron chi connectivity index (χ1n) is 7.00. The molecule has 122 valence electrons. The van der Waals surface area contributed by atoms with E-state index in [0.717, 1.165) is 22.5 Å². The Bertz CT molecular complexity index is 744. The van der Waals surface area contributed by atoms with Crippen molar-refractivity contribution < 1.29 is 9.53 Å². The van der Waals surface area contributed by atoms with Crippen LogP contribution >= 0.6 is 35.2 Å². The Hall–Kier alpha value is -1.63. The molecule has 0 aliphatic heterocycles. The van der Waals surface area contributed by atoms with Crippen molar-refractivity contribution in [2.45, 2.75) is 20.3 Å². The van der Waals surface area contributed by atoms with Crippen molar-refractivity contribution in [3.05, 3.63) is 45.3 Å². The third-order valence-corrected chi connectivity index (χ3v) is 4.76. The number of hydrogen-bond acceptors (Lipinski definition) is 4. The number of carbonyl (C=O) groups excluding carboxylic acids is 1. The highest BCUT2D eigenvalue weighted by atomic mass is 35.5. The lowest BCUT2D eigenvalue weighted by Gasteiger charge is -2.11. The Balaban J connectivity index is 2.22. The minimum Gasteiger partial charge on any atom is -0.465 e. The molecular weight excluding hydrogens is 352 g/mol. The van der Waals surface area contributed by atoms with E-state index in [1.165, 1.54) is 18.4 Å². The summed E-state index contributed by atoms with van der Waals surface area (Å²) in [6.45, 7) is 3.99. The van der Waals surface area contributed by atoms with Gasteiger partial charge in [0.05, 0.1) is 12.7 Å². The first-order chi connectivity index (χ1) is 11.0. The lowest BCUT2D eigenvalue weighted by Crippen LogP contribution is -2.20. The van der Waals surface area contributed by atoms with Crippen LogP contribution in [0.15, 0.2) is 24.3 Å². The number of thiophene rings is 1. The Morgan fingerprint density at radius 2 is 2.13 bits per heavy atom. The number of esters is 1. The first-order valence-corrected chi connectivity index (χ1v) is 8.60. The quantitative estimate of drug-likeness (QED) is 0.595. The van der Waals surface area contributed by atoms with Gasteiger partial charge in [-0.2, -0.15) is 0 Å². The Morgan fingerprint density at radius 3 is 2.74 bits per heavy atom. The molecule has 0 atom stereocenters. The SMILES string of the molecule is CCc1c(C)sc(NC(=S)Nc2cccc(Cl)c2)c1C(=O)OC. The van der Waals surface area contributed by atoms with E-state index >= 15 is 0 Å². The molecule has 0 saturated carbocycles. The summed E-state index contributed by atoms with van der Waals surface area (Å²) in [6.07, 6.45) is 0.753. The Labute approximate surface area is 149 Å². The van der Waals surface area contributed by atoms with Crippen LogP contribution in [0.25, 0.3) is 0 Å². The number of benzene rings is 1.